The average Bonchev–Trinajstić information content (AvgIpc) is 2.82. The van der Waals surface area contributed by atoms with Gasteiger partial charge in [-0.05, 0) is 31.0 Å². The zero-order chi connectivity index (χ0) is 13.7. The van der Waals surface area contributed by atoms with Gasteiger partial charge in [-0.1, -0.05) is 0 Å². The molecule has 0 N–H and O–H groups in total. The monoisotopic (exact) mass is 275 g/mol. The van der Waals surface area contributed by atoms with Crippen LogP contribution in [0.1, 0.15) is 16.3 Å². The Bertz CT molecular complexity index is 539. The predicted octanol–water partition coefficient (Wildman–Crippen LogP) is 2.09. The molecule has 0 fully saturated rings. The number of hydrogen-bond donors (Lipinski definition) is 0. The maximum atomic E-state index is 12.0. The van der Waals surface area contributed by atoms with E-state index in [9.17, 15) is 4.79 Å². The molecule has 0 unspecified atom stereocenters. The van der Waals surface area contributed by atoms with Crippen molar-refractivity contribution in [1.82, 2.24) is 14.9 Å². The number of thiazole rings is 1. The summed E-state index contributed by atoms with van der Waals surface area (Å²) in [5.41, 5.74) is 2.17. The zero-order valence-corrected chi connectivity index (χ0v) is 12.0. The average molecular weight is 275 g/mol. The summed E-state index contributed by atoms with van der Waals surface area (Å²) in [5.74, 6) is 0.114. The van der Waals surface area contributed by atoms with Crippen LogP contribution in [0.2, 0.25) is 0 Å². The van der Waals surface area contributed by atoms with E-state index in [4.69, 9.17) is 0 Å². The van der Waals surface area contributed by atoms with Crippen molar-refractivity contribution >= 4 is 17.2 Å². The Morgan fingerprint density at radius 3 is 2.74 bits per heavy atom. The molecule has 19 heavy (non-hydrogen) atoms. The van der Waals surface area contributed by atoms with Crippen LogP contribution in [0.4, 0.5) is 0 Å². The fourth-order valence-electron chi connectivity index (χ4n) is 1.72. The van der Waals surface area contributed by atoms with E-state index in [1.54, 1.807) is 28.6 Å². The fraction of sp³-hybridized carbons (Fsp3) is 0.357. The maximum absolute atomic E-state index is 12.0. The quantitative estimate of drug-likeness (QED) is 0.839. The second-order valence-corrected chi connectivity index (χ2v) is 5.42. The Hall–Kier alpha value is -1.75. The molecule has 0 aliphatic heterocycles. The van der Waals surface area contributed by atoms with Gasteiger partial charge in [0.25, 0.3) is 0 Å². The zero-order valence-electron chi connectivity index (χ0n) is 11.2. The molecule has 5 heteroatoms. The van der Waals surface area contributed by atoms with Crippen molar-refractivity contribution in [3.8, 4) is 0 Å². The molecule has 4 nitrogen and oxygen atoms in total. The Balaban J connectivity index is 1.82. The fourth-order valence-corrected chi connectivity index (χ4v) is 2.48. The number of nitrogens with zero attached hydrogens (tertiary/aromatic N) is 3. The summed E-state index contributed by atoms with van der Waals surface area (Å²) in [6, 6.07) is 3.95. The topological polar surface area (TPSA) is 46.1 Å². The van der Waals surface area contributed by atoms with Crippen LogP contribution in [0.15, 0.2) is 29.9 Å². The van der Waals surface area contributed by atoms with E-state index in [1.165, 1.54) is 5.56 Å². The van der Waals surface area contributed by atoms with E-state index in [1.807, 2.05) is 31.5 Å². The third-order valence-corrected chi connectivity index (χ3v) is 3.85. The standard InChI is InChI=1S/C14H17N3OS/c1-11-10-19-13(16-11)9-14(18)17(2)8-5-12-3-6-15-7-4-12/h3-4,6-7,10H,5,8-9H2,1-2H3. The van der Waals surface area contributed by atoms with Gasteiger partial charge in [-0.2, -0.15) is 0 Å². The molecular formula is C14H17N3OS. The van der Waals surface area contributed by atoms with Crippen LogP contribution in [-0.2, 0) is 17.6 Å². The molecule has 0 saturated heterocycles. The molecule has 0 saturated carbocycles. The normalized spacial score (nSPS) is 10.4. The minimum absolute atomic E-state index is 0.114. The van der Waals surface area contributed by atoms with Crippen molar-refractivity contribution in [2.45, 2.75) is 19.8 Å². The Morgan fingerprint density at radius 2 is 2.11 bits per heavy atom. The van der Waals surface area contributed by atoms with E-state index >= 15 is 0 Å². The summed E-state index contributed by atoms with van der Waals surface area (Å²) < 4.78 is 0. The number of carbonyl (C=O) groups is 1. The van der Waals surface area contributed by atoms with Crippen molar-refractivity contribution < 1.29 is 4.79 Å². The SMILES string of the molecule is Cc1csc(CC(=O)N(C)CCc2ccncc2)n1. The van der Waals surface area contributed by atoms with Crippen molar-refractivity contribution in [2.75, 3.05) is 13.6 Å². The number of hydrogen-bond acceptors (Lipinski definition) is 4. The molecule has 100 valence electrons. The molecule has 0 aliphatic rings. The van der Waals surface area contributed by atoms with Crippen LogP contribution in [0, 0.1) is 6.92 Å². The van der Waals surface area contributed by atoms with Gasteiger partial charge in [0, 0.05) is 37.1 Å². The minimum atomic E-state index is 0.114. The van der Waals surface area contributed by atoms with Gasteiger partial charge >= 0.3 is 0 Å². The lowest BCUT2D eigenvalue weighted by Crippen LogP contribution is -2.30. The molecule has 2 rings (SSSR count). The highest BCUT2D eigenvalue weighted by molar-refractivity contribution is 7.09. The molecule has 2 aromatic rings. The smallest absolute Gasteiger partial charge is 0.229 e. The summed E-state index contributed by atoms with van der Waals surface area (Å²) in [7, 11) is 1.84. The van der Waals surface area contributed by atoms with Crippen molar-refractivity contribution in [3.63, 3.8) is 0 Å². The van der Waals surface area contributed by atoms with Crippen LogP contribution in [0.5, 0.6) is 0 Å². The van der Waals surface area contributed by atoms with Gasteiger partial charge < -0.3 is 4.90 Å². The van der Waals surface area contributed by atoms with Crippen molar-refractivity contribution in [3.05, 3.63) is 46.2 Å². The highest BCUT2D eigenvalue weighted by Gasteiger charge is 2.11. The molecular weight excluding hydrogens is 258 g/mol. The molecule has 0 bridgehead atoms. The number of pyridine rings is 1. The Morgan fingerprint density at radius 1 is 1.37 bits per heavy atom. The van der Waals surface area contributed by atoms with Crippen LogP contribution in [0.25, 0.3) is 0 Å². The van der Waals surface area contributed by atoms with E-state index in [2.05, 4.69) is 9.97 Å². The summed E-state index contributed by atoms with van der Waals surface area (Å²) >= 11 is 1.54. The second-order valence-electron chi connectivity index (χ2n) is 4.48. The third-order valence-electron chi connectivity index (χ3n) is 2.88. The molecule has 1 amide bonds. The molecule has 0 aromatic carbocycles. The van der Waals surface area contributed by atoms with Crippen LogP contribution >= 0.6 is 11.3 Å². The molecule has 0 radical (unpaired) electrons. The van der Waals surface area contributed by atoms with E-state index in [0.717, 1.165) is 17.1 Å². The Kier molecular flexibility index (Phi) is 4.63. The lowest BCUT2D eigenvalue weighted by atomic mass is 10.2. The number of amides is 1. The van der Waals surface area contributed by atoms with E-state index < -0.39 is 0 Å². The number of aryl methyl sites for hydroxylation is 1. The molecule has 2 aromatic heterocycles. The highest BCUT2D eigenvalue weighted by Crippen LogP contribution is 2.10. The largest absolute Gasteiger partial charge is 0.345 e. The van der Waals surface area contributed by atoms with Crippen molar-refractivity contribution in [2.24, 2.45) is 0 Å². The maximum Gasteiger partial charge on any atom is 0.229 e. The predicted molar refractivity (Wildman–Crippen MR) is 76.1 cm³/mol. The van der Waals surface area contributed by atoms with E-state index in [-0.39, 0.29) is 5.91 Å². The van der Waals surface area contributed by atoms with Crippen molar-refractivity contribution in [1.29, 1.82) is 0 Å². The first-order valence-electron chi connectivity index (χ1n) is 6.19. The van der Waals surface area contributed by atoms with Gasteiger partial charge in [0.05, 0.1) is 6.42 Å². The van der Waals surface area contributed by atoms with Gasteiger partial charge in [-0.25, -0.2) is 4.98 Å². The molecule has 0 aliphatic carbocycles. The van der Waals surface area contributed by atoms with Gasteiger partial charge in [0.1, 0.15) is 5.01 Å². The van der Waals surface area contributed by atoms with E-state index in [0.29, 0.717) is 13.0 Å². The first-order chi connectivity index (χ1) is 9.15. The first kappa shape index (κ1) is 13.7. The summed E-state index contributed by atoms with van der Waals surface area (Å²) in [5, 5.41) is 2.86. The summed E-state index contributed by atoms with van der Waals surface area (Å²) in [6.07, 6.45) is 4.79. The molecule has 0 spiro atoms. The number of likely N-dealkylation sites (N-methyl/N-ethyl adjacent to an activating group) is 1. The summed E-state index contributed by atoms with van der Waals surface area (Å²) in [4.78, 5) is 22.1. The highest BCUT2D eigenvalue weighted by atomic mass is 32.1. The van der Waals surface area contributed by atoms with Crippen LogP contribution < -0.4 is 0 Å². The Labute approximate surface area is 117 Å². The lowest BCUT2D eigenvalue weighted by molar-refractivity contribution is -0.129. The van der Waals surface area contributed by atoms with Gasteiger partial charge in [-0.15, -0.1) is 11.3 Å². The molecule has 0 atom stereocenters. The minimum Gasteiger partial charge on any atom is -0.345 e. The third kappa shape index (κ3) is 4.13. The van der Waals surface area contributed by atoms with Gasteiger partial charge in [0.2, 0.25) is 5.91 Å². The lowest BCUT2D eigenvalue weighted by Gasteiger charge is -2.16. The van der Waals surface area contributed by atoms with Gasteiger partial charge in [-0.3, -0.25) is 9.78 Å². The van der Waals surface area contributed by atoms with Gasteiger partial charge in [0.15, 0.2) is 0 Å². The van der Waals surface area contributed by atoms with Crippen LogP contribution in [-0.4, -0.2) is 34.4 Å². The summed E-state index contributed by atoms with van der Waals surface area (Å²) in [6.45, 7) is 2.66. The first-order valence-corrected chi connectivity index (χ1v) is 7.07. The van der Waals surface area contributed by atoms with Crippen LogP contribution in [0.3, 0.4) is 0 Å². The molecule has 2 heterocycles. The number of aromatic nitrogens is 2. The number of carbonyl (C=O) groups excluding carboxylic acids is 1. The number of rotatable bonds is 5. The second kappa shape index (κ2) is 6.43.